The van der Waals surface area contributed by atoms with Crippen LogP contribution in [0.15, 0.2) is 6.20 Å². The number of anilines is 1. The molecule has 1 fully saturated rings. The molecule has 1 saturated heterocycles. The number of aromatic nitrogens is 2. The normalized spacial score (nSPS) is 17.3. The van der Waals surface area contributed by atoms with Gasteiger partial charge in [-0.2, -0.15) is 0 Å². The summed E-state index contributed by atoms with van der Waals surface area (Å²) in [5.41, 5.74) is 2.91. The van der Waals surface area contributed by atoms with E-state index in [0.717, 1.165) is 0 Å². The first kappa shape index (κ1) is 10.8. The van der Waals surface area contributed by atoms with Crippen LogP contribution in [0.3, 0.4) is 0 Å². The summed E-state index contributed by atoms with van der Waals surface area (Å²) < 4.78 is 6.60. The van der Waals surface area contributed by atoms with Crippen LogP contribution in [0.2, 0.25) is 0 Å². The van der Waals surface area contributed by atoms with E-state index in [-0.39, 0.29) is 11.5 Å². The number of nitrogens with zero attached hydrogens (tertiary/aromatic N) is 4. The first-order valence-electron chi connectivity index (χ1n) is 4.94. The van der Waals surface area contributed by atoms with Gasteiger partial charge in [0.15, 0.2) is 0 Å². The van der Waals surface area contributed by atoms with Gasteiger partial charge in [0.2, 0.25) is 5.82 Å². The van der Waals surface area contributed by atoms with Gasteiger partial charge in [-0.1, -0.05) is 0 Å². The van der Waals surface area contributed by atoms with Crippen LogP contribution in [0.4, 0.5) is 11.5 Å². The second kappa shape index (κ2) is 4.45. The standard InChI is InChI=1S/C8H13N5O3/c1-11-6-7(13(14)15)8(9-11)10-12-2-4-16-5-3-12/h6H,2-5H2,1H3,(H,9,10). The Labute approximate surface area is 91.9 Å². The summed E-state index contributed by atoms with van der Waals surface area (Å²) in [6.45, 7) is 2.61. The quantitative estimate of drug-likeness (QED) is 0.577. The molecule has 88 valence electrons. The number of hydrogen-bond acceptors (Lipinski definition) is 6. The highest BCUT2D eigenvalue weighted by Gasteiger charge is 2.21. The van der Waals surface area contributed by atoms with Crippen LogP contribution in [0.5, 0.6) is 0 Å². The van der Waals surface area contributed by atoms with Crippen LogP contribution in [0.1, 0.15) is 0 Å². The zero-order valence-corrected chi connectivity index (χ0v) is 8.92. The third kappa shape index (κ3) is 2.28. The molecule has 0 radical (unpaired) electrons. The zero-order chi connectivity index (χ0) is 11.5. The predicted molar refractivity (Wildman–Crippen MR) is 55.9 cm³/mol. The van der Waals surface area contributed by atoms with E-state index in [4.69, 9.17) is 4.74 Å². The SMILES string of the molecule is Cn1cc([N+](=O)[O-])c(NN2CCOCC2)n1. The molecule has 1 aromatic heterocycles. The van der Waals surface area contributed by atoms with Crippen molar-refractivity contribution in [1.82, 2.24) is 14.8 Å². The van der Waals surface area contributed by atoms with Gasteiger partial charge in [0.05, 0.1) is 18.1 Å². The van der Waals surface area contributed by atoms with E-state index < -0.39 is 4.92 Å². The Hall–Kier alpha value is -1.67. The van der Waals surface area contributed by atoms with Crippen molar-refractivity contribution in [3.63, 3.8) is 0 Å². The summed E-state index contributed by atoms with van der Waals surface area (Å²) in [5.74, 6) is 0.273. The van der Waals surface area contributed by atoms with Gasteiger partial charge in [-0.05, 0) is 0 Å². The molecule has 16 heavy (non-hydrogen) atoms. The molecule has 8 nitrogen and oxygen atoms in total. The molecule has 0 spiro atoms. The van der Waals surface area contributed by atoms with Gasteiger partial charge in [0, 0.05) is 20.1 Å². The third-order valence-electron chi connectivity index (χ3n) is 2.28. The van der Waals surface area contributed by atoms with Crippen molar-refractivity contribution in [2.45, 2.75) is 0 Å². The van der Waals surface area contributed by atoms with Crippen molar-refractivity contribution in [2.24, 2.45) is 7.05 Å². The summed E-state index contributed by atoms with van der Waals surface area (Å²) >= 11 is 0. The lowest BCUT2D eigenvalue weighted by Gasteiger charge is -2.26. The first-order valence-corrected chi connectivity index (χ1v) is 4.94. The van der Waals surface area contributed by atoms with Crippen molar-refractivity contribution in [2.75, 3.05) is 31.7 Å². The summed E-state index contributed by atoms with van der Waals surface area (Å²) in [6.07, 6.45) is 1.38. The van der Waals surface area contributed by atoms with E-state index in [1.54, 1.807) is 7.05 Å². The van der Waals surface area contributed by atoms with Gasteiger partial charge in [-0.3, -0.25) is 20.2 Å². The van der Waals surface area contributed by atoms with E-state index >= 15 is 0 Å². The fourth-order valence-electron chi connectivity index (χ4n) is 1.51. The largest absolute Gasteiger partial charge is 0.379 e. The van der Waals surface area contributed by atoms with Gasteiger partial charge in [0.1, 0.15) is 6.20 Å². The molecular formula is C8H13N5O3. The lowest BCUT2D eigenvalue weighted by Crippen LogP contribution is -2.40. The van der Waals surface area contributed by atoms with Crippen molar-refractivity contribution in [1.29, 1.82) is 0 Å². The van der Waals surface area contributed by atoms with E-state index in [0.29, 0.717) is 26.3 Å². The Balaban J connectivity index is 2.10. The molecule has 1 N–H and O–H groups in total. The molecule has 2 rings (SSSR count). The van der Waals surface area contributed by atoms with E-state index in [1.165, 1.54) is 10.9 Å². The van der Waals surface area contributed by atoms with E-state index in [9.17, 15) is 10.1 Å². The Bertz CT molecular complexity index is 385. The Morgan fingerprint density at radius 2 is 2.25 bits per heavy atom. The summed E-state index contributed by atoms with van der Waals surface area (Å²) in [5, 5.41) is 16.6. The first-order chi connectivity index (χ1) is 7.66. The summed E-state index contributed by atoms with van der Waals surface area (Å²) in [4.78, 5) is 10.3. The predicted octanol–water partition coefficient (Wildman–Crippen LogP) is -0.0126. The number of aryl methyl sites for hydroxylation is 1. The van der Waals surface area contributed by atoms with Crippen LogP contribution in [0, 0.1) is 10.1 Å². The van der Waals surface area contributed by atoms with Crippen molar-refractivity contribution >= 4 is 11.5 Å². The lowest BCUT2D eigenvalue weighted by molar-refractivity contribution is -0.384. The number of hydrazine groups is 1. The summed E-state index contributed by atoms with van der Waals surface area (Å²) in [6, 6.07) is 0. The van der Waals surface area contributed by atoms with E-state index in [1.807, 2.05) is 5.01 Å². The van der Waals surface area contributed by atoms with Crippen molar-refractivity contribution in [3.05, 3.63) is 16.3 Å². The summed E-state index contributed by atoms with van der Waals surface area (Å²) in [7, 11) is 1.65. The molecule has 1 aromatic rings. The molecule has 0 amide bonds. The monoisotopic (exact) mass is 227 g/mol. The number of rotatable bonds is 3. The van der Waals surface area contributed by atoms with Crippen LogP contribution < -0.4 is 5.43 Å². The fourth-order valence-corrected chi connectivity index (χ4v) is 1.51. The maximum atomic E-state index is 10.7. The highest BCUT2D eigenvalue weighted by molar-refractivity contribution is 5.53. The molecule has 0 bridgehead atoms. The van der Waals surface area contributed by atoms with E-state index in [2.05, 4.69) is 10.5 Å². The number of hydrogen-bond donors (Lipinski definition) is 1. The molecule has 1 aliphatic rings. The Morgan fingerprint density at radius 3 is 2.88 bits per heavy atom. The van der Waals surface area contributed by atoms with Crippen LogP contribution in [0.25, 0.3) is 0 Å². The molecule has 0 saturated carbocycles. The second-order valence-corrected chi connectivity index (χ2v) is 3.50. The highest BCUT2D eigenvalue weighted by atomic mass is 16.6. The number of nitro groups is 1. The minimum Gasteiger partial charge on any atom is -0.379 e. The van der Waals surface area contributed by atoms with Gasteiger partial charge in [-0.25, -0.2) is 5.01 Å². The number of nitrogens with one attached hydrogen (secondary N) is 1. The van der Waals surface area contributed by atoms with Crippen molar-refractivity contribution < 1.29 is 9.66 Å². The van der Waals surface area contributed by atoms with Gasteiger partial charge >= 0.3 is 5.69 Å². The average molecular weight is 227 g/mol. The number of ether oxygens (including phenoxy) is 1. The lowest BCUT2D eigenvalue weighted by atomic mass is 10.5. The molecule has 0 aromatic carbocycles. The maximum Gasteiger partial charge on any atom is 0.332 e. The van der Waals surface area contributed by atoms with Gasteiger partial charge in [-0.15, -0.1) is 5.10 Å². The second-order valence-electron chi connectivity index (χ2n) is 3.50. The Kier molecular flexibility index (Phi) is 3.02. The molecule has 8 heteroatoms. The molecule has 0 atom stereocenters. The van der Waals surface area contributed by atoms with Crippen LogP contribution in [-0.2, 0) is 11.8 Å². The molecule has 0 unspecified atom stereocenters. The fraction of sp³-hybridized carbons (Fsp3) is 0.625. The molecule has 1 aliphatic heterocycles. The number of morpholine rings is 1. The molecular weight excluding hydrogens is 214 g/mol. The minimum absolute atomic E-state index is 0.0195. The topological polar surface area (TPSA) is 85.5 Å². The maximum absolute atomic E-state index is 10.7. The van der Waals surface area contributed by atoms with Crippen molar-refractivity contribution in [3.8, 4) is 0 Å². The third-order valence-corrected chi connectivity index (χ3v) is 2.28. The Morgan fingerprint density at radius 1 is 1.56 bits per heavy atom. The smallest absolute Gasteiger partial charge is 0.332 e. The van der Waals surface area contributed by atoms with Gasteiger partial charge < -0.3 is 4.74 Å². The zero-order valence-electron chi connectivity index (χ0n) is 8.92. The average Bonchev–Trinajstić information content (AvgIpc) is 2.61. The van der Waals surface area contributed by atoms with Gasteiger partial charge in [0.25, 0.3) is 0 Å². The molecule has 2 heterocycles. The molecule has 0 aliphatic carbocycles. The van der Waals surface area contributed by atoms with Crippen LogP contribution in [-0.4, -0.2) is 46.0 Å². The minimum atomic E-state index is -0.449. The van der Waals surface area contributed by atoms with Crippen LogP contribution >= 0.6 is 0 Å². The highest BCUT2D eigenvalue weighted by Crippen LogP contribution is 2.21.